The Morgan fingerprint density at radius 3 is 2.88 bits per heavy atom. The minimum atomic E-state index is -1.03. The Morgan fingerprint density at radius 2 is 2.18 bits per heavy atom. The fourth-order valence-electron chi connectivity index (χ4n) is 1.63. The minimum absolute atomic E-state index is 0.126. The molecule has 3 rings (SSSR count). The van der Waals surface area contributed by atoms with Crippen LogP contribution in [-0.4, -0.2) is 16.1 Å². The van der Waals surface area contributed by atoms with Gasteiger partial charge in [-0.05, 0) is 18.2 Å². The van der Waals surface area contributed by atoms with Crippen molar-refractivity contribution in [3.8, 4) is 11.5 Å². The highest BCUT2D eigenvalue weighted by Crippen LogP contribution is 2.26. The molecule has 0 spiro atoms. The van der Waals surface area contributed by atoms with Gasteiger partial charge in [-0.15, -0.1) is 0 Å². The summed E-state index contributed by atoms with van der Waals surface area (Å²) in [7, 11) is 0. The van der Waals surface area contributed by atoms with E-state index in [1.165, 1.54) is 18.6 Å². The summed E-state index contributed by atoms with van der Waals surface area (Å²) in [6.45, 7) is 0. The second-order valence-electron chi connectivity index (χ2n) is 3.49. The number of rotatable bonds is 2. The number of benzene rings is 1. The lowest BCUT2D eigenvalue weighted by Crippen LogP contribution is -1.96. The van der Waals surface area contributed by atoms with Crippen molar-refractivity contribution in [3.05, 3.63) is 42.4 Å². The molecule has 0 aliphatic heterocycles. The summed E-state index contributed by atoms with van der Waals surface area (Å²) in [4.78, 5) is 15.2. The van der Waals surface area contributed by atoms with Crippen molar-refractivity contribution in [2.24, 2.45) is 0 Å². The van der Waals surface area contributed by atoms with Gasteiger partial charge in [0.1, 0.15) is 11.8 Å². The lowest BCUT2D eigenvalue weighted by atomic mass is 10.2. The van der Waals surface area contributed by atoms with Gasteiger partial charge in [-0.3, -0.25) is 0 Å². The smallest absolute Gasteiger partial charge is 0.338 e. The molecule has 0 unspecified atom stereocenters. The maximum Gasteiger partial charge on any atom is 0.338 e. The summed E-state index contributed by atoms with van der Waals surface area (Å²) < 4.78 is 10.4. The molecule has 0 fully saturated rings. The molecule has 0 atom stereocenters. The second kappa shape index (κ2) is 3.48. The second-order valence-corrected chi connectivity index (χ2v) is 3.49. The zero-order chi connectivity index (χ0) is 11.8. The number of fused-ring (bicyclic) bond motifs is 1. The number of carbonyl (C=O) groups is 1. The van der Waals surface area contributed by atoms with Crippen LogP contribution < -0.4 is 0 Å². The van der Waals surface area contributed by atoms with Gasteiger partial charge in [-0.1, -0.05) is 6.07 Å². The van der Waals surface area contributed by atoms with E-state index >= 15 is 0 Å². The number of hydrogen-bond donors (Lipinski definition) is 1. The highest BCUT2D eigenvalue weighted by atomic mass is 16.4. The average Bonchev–Trinajstić information content (AvgIpc) is 2.96. The normalized spacial score (nSPS) is 10.8. The van der Waals surface area contributed by atoms with Crippen molar-refractivity contribution >= 4 is 17.1 Å². The Labute approximate surface area is 95.3 Å². The predicted octanol–water partition coefficient (Wildman–Crippen LogP) is 2.79. The molecule has 0 bridgehead atoms. The van der Waals surface area contributed by atoms with Gasteiger partial charge >= 0.3 is 5.97 Å². The van der Waals surface area contributed by atoms with Gasteiger partial charge in [0.2, 0.25) is 5.89 Å². The Balaban J connectivity index is 2.26. The van der Waals surface area contributed by atoms with E-state index in [2.05, 4.69) is 4.98 Å². The van der Waals surface area contributed by atoms with Gasteiger partial charge in [0.15, 0.2) is 5.58 Å². The third kappa shape index (κ3) is 1.48. The molecule has 5 nitrogen and oxygen atoms in total. The summed E-state index contributed by atoms with van der Waals surface area (Å²) in [5.74, 6) is -0.676. The Kier molecular flexibility index (Phi) is 1.98. The molecule has 0 aliphatic rings. The van der Waals surface area contributed by atoms with Gasteiger partial charge < -0.3 is 13.9 Å². The Bertz CT molecular complexity index is 682. The number of hydrogen-bond acceptors (Lipinski definition) is 4. The third-order valence-corrected chi connectivity index (χ3v) is 2.42. The van der Waals surface area contributed by atoms with Crippen molar-refractivity contribution < 1.29 is 18.7 Å². The number of nitrogens with zero attached hydrogens (tertiary/aromatic N) is 1. The lowest BCUT2D eigenvalue weighted by molar-refractivity contribution is 0.0699. The zero-order valence-corrected chi connectivity index (χ0v) is 8.58. The molecule has 1 aromatic carbocycles. The number of aromatic carboxylic acids is 1. The van der Waals surface area contributed by atoms with Crippen molar-refractivity contribution in [3.63, 3.8) is 0 Å². The van der Waals surface area contributed by atoms with Gasteiger partial charge in [-0.2, -0.15) is 0 Å². The van der Waals surface area contributed by atoms with Crippen LogP contribution >= 0.6 is 0 Å². The van der Waals surface area contributed by atoms with Crippen LogP contribution in [0.2, 0.25) is 0 Å². The highest BCUT2D eigenvalue weighted by Gasteiger charge is 2.15. The molecule has 1 N–H and O–H groups in total. The quantitative estimate of drug-likeness (QED) is 0.731. The first kappa shape index (κ1) is 9.65. The molecule has 0 saturated heterocycles. The van der Waals surface area contributed by atoms with Crippen LogP contribution in [0.25, 0.3) is 22.6 Å². The number of furan rings is 1. The van der Waals surface area contributed by atoms with E-state index in [0.717, 1.165) is 0 Å². The molecule has 2 heterocycles. The summed E-state index contributed by atoms with van der Waals surface area (Å²) in [6.07, 6.45) is 2.99. The molecule has 84 valence electrons. The summed E-state index contributed by atoms with van der Waals surface area (Å²) in [5, 5.41) is 9.02. The topological polar surface area (TPSA) is 76.5 Å². The molecule has 0 saturated carbocycles. The van der Waals surface area contributed by atoms with E-state index in [-0.39, 0.29) is 5.56 Å². The third-order valence-electron chi connectivity index (χ3n) is 2.42. The first-order chi connectivity index (χ1) is 8.25. The Morgan fingerprint density at radius 1 is 1.29 bits per heavy atom. The van der Waals surface area contributed by atoms with Gasteiger partial charge in [-0.25, -0.2) is 9.78 Å². The molecule has 0 aliphatic carbocycles. The van der Waals surface area contributed by atoms with Crippen molar-refractivity contribution in [2.45, 2.75) is 0 Å². The van der Waals surface area contributed by atoms with E-state index in [9.17, 15) is 4.79 Å². The standard InChI is InChI=1S/C12H7NO4/c14-12(15)8-2-1-3-9-10(8)13-11(17-9)7-4-5-16-6-7/h1-6H,(H,14,15). The maximum absolute atomic E-state index is 11.0. The lowest BCUT2D eigenvalue weighted by Gasteiger charge is -1.92. The summed E-state index contributed by atoms with van der Waals surface area (Å²) in [5.41, 5.74) is 1.59. The predicted molar refractivity (Wildman–Crippen MR) is 58.7 cm³/mol. The first-order valence-electron chi connectivity index (χ1n) is 4.91. The summed E-state index contributed by atoms with van der Waals surface area (Å²) in [6, 6.07) is 6.49. The van der Waals surface area contributed by atoms with Crippen LogP contribution in [0, 0.1) is 0 Å². The van der Waals surface area contributed by atoms with Crippen LogP contribution in [0.4, 0.5) is 0 Å². The van der Waals surface area contributed by atoms with Gasteiger partial charge in [0, 0.05) is 0 Å². The number of para-hydroxylation sites is 1. The molecular weight excluding hydrogens is 222 g/mol. The fourth-order valence-corrected chi connectivity index (χ4v) is 1.63. The monoisotopic (exact) mass is 229 g/mol. The fraction of sp³-hybridized carbons (Fsp3) is 0. The van der Waals surface area contributed by atoms with E-state index in [0.29, 0.717) is 22.6 Å². The molecule has 3 aromatic rings. The number of oxazole rings is 1. The van der Waals surface area contributed by atoms with Crippen molar-refractivity contribution in [1.82, 2.24) is 4.98 Å². The summed E-state index contributed by atoms with van der Waals surface area (Å²) >= 11 is 0. The van der Waals surface area contributed by atoms with Crippen LogP contribution in [0.1, 0.15) is 10.4 Å². The largest absolute Gasteiger partial charge is 0.478 e. The van der Waals surface area contributed by atoms with Gasteiger partial charge in [0.25, 0.3) is 0 Å². The molecule has 5 heteroatoms. The van der Waals surface area contributed by atoms with Crippen LogP contribution in [-0.2, 0) is 0 Å². The van der Waals surface area contributed by atoms with Crippen LogP contribution in [0.3, 0.4) is 0 Å². The van der Waals surface area contributed by atoms with Crippen molar-refractivity contribution in [2.75, 3.05) is 0 Å². The van der Waals surface area contributed by atoms with Crippen molar-refractivity contribution in [1.29, 1.82) is 0 Å². The first-order valence-corrected chi connectivity index (χ1v) is 4.91. The van der Waals surface area contributed by atoms with Gasteiger partial charge in [0.05, 0.1) is 17.4 Å². The minimum Gasteiger partial charge on any atom is -0.478 e. The maximum atomic E-state index is 11.0. The van der Waals surface area contributed by atoms with E-state index < -0.39 is 5.97 Å². The van der Waals surface area contributed by atoms with Crippen LogP contribution in [0.5, 0.6) is 0 Å². The number of carboxylic acids is 1. The molecular formula is C12H7NO4. The van der Waals surface area contributed by atoms with E-state index in [1.54, 1.807) is 18.2 Å². The SMILES string of the molecule is O=C(O)c1cccc2oc(-c3ccoc3)nc12. The molecule has 17 heavy (non-hydrogen) atoms. The molecule has 2 aromatic heterocycles. The number of carboxylic acid groups (broad SMARTS) is 1. The molecule has 0 radical (unpaired) electrons. The van der Waals surface area contributed by atoms with E-state index in [1.807, 2.05) is 0 Å². The van der Waals surface area contributed by atoms with Crippen LogP contribution in [0.15, 0.2) is 45.6 Å². The average molecular weight is 229 g/mol. The highest BCUT2D eigenvalue weighted by molar-refractivity contribution is 6.00. The molecule has 0 amide bonds. The number of aromatic nitrogens is 1. The van der Waals surface area contributed by atoms with E-state index in [4.69, 9.17) is 13.9 Å². The Hall–Kier alpha value is -2.56. The zero-order valence-electron chi connectivity index (χ0n) is 8.58.